The highest BCUT2D eigenvalue weighted by atomic mass is 35.5. The fraction of sp³-hybridized carbons (Fsp3) is 0.500. The second-order valence-corrected chi connectivity index (χ2v) is 6.73. The Bertz CT molecular complexity index is 545. The van der Waals surface area contributed by atoms with Gasteiger partial charge in [-0.1, -0.05) is 11.6 Å². The highest BCUT2D eigenvalue weighted by molar-refractivity contribution is 7.89. The summed E-state index contributed by atoms with van der Waals surface area (Å²) in [5, 5.41) is 3.45. The SMILES string of the molecule is O=S(=O)(NCC[C@@H]1CCCN1)c1ccc(Cl)cc1F. The van der Waals surface area contributed by atoms with E-state index in [2.05, 4.69) is 10.0 Å². The van der Waals surface area contributed by atoms with Crippen LogP contribution >= 0.6 is 11.6 Å². The van der Waals surface area contributed by atoms with Gasteiger partial charge in [-0.15, -0.1) is 0 Å². The van der Waals surface area contributed by atoms with Crippen LogP contribution in [0.15, 0.2) is 23.1 Å². The molecule has 0 saturated carbocycles. The zero-order chi connectivity index (χ0) is 13.9. The fourth-order valence-electron chi connectivity index (χ4n) is 2.14. The van der Waals surface area contributed by atoms with Crippen molar-refractivity contribution in [1.29, 1.82) is 0 Å². The molecule has 0 aromatic heterocycles. The van der Waals surface area contributed by atoms with E-state index in [0.29, 0.717) is 19.0 Å². The molecule has 19 heavy (non-hydrogen) atoms. The predicted octanol–water partition coefficient (Wildman–Crippen LogP) is 1.90. The lowest BCUT2D eigenvalue weighted by Crippen LogP contribution is -2.31. The van der Waals surface area contributed by atoms with Gasteiger partial charge >= 0.3 is 0 Å². The zero-order valence-corrected chi connectivity index (χ0v) is 11.9. The average Bonchev–Trinajstić information content (AvgIpc) is 2.81. The number of hydrogen-bond donors (Lipinski definition) is 2. The van der Waals surface area contributed by atoms with Crippen molar-refractivity contribution in [3.8, 4) is 0 Å². The number of nitrogens with one attached hydrogen (secondary N) is 2. The van der Waals surface area contributed by atoms with E-state index in [1.165, 1.54) is 12.1 Å². The molecule has 1 aromatic carbocycles. The largest absolute Gasteiger partial charge is 0.314 e. The molecule has 1 aliphatic heterocycles. The molecule has 1 heterocycles. The third-order valence-electron chi connectivity index (χ3n) is 3.13. The summed E-state index contributed by atoms with van der Waals surface area (Å²) in [5.41, 5.74) is 0. The van der Waals surface area contributed by atoms with Crippen LogP contribution in [0.1, 0.15) is 19.3 Å². The maximum absolute atomic E-state index is 13.6. The molecule has 4 nitrogen and oxygen atoms in total. The Morgan fingerprint density at radius 1 is 1.47 bits per heavy atom. The minimum atomic E-state index is -3.81. The predicted molar refractivity (Wildman–Crippen MR) is 72.2 cm³/mol. The van der Waals surface area contributed by atoms with Crippen LogP contribution in [0, 0.1) is 5.82 Å². The molecule has 0 radical (unpaired) electrons. The first kappa shape index (κ1) is 14.7. The van der Waals surface area contributed by atoms with Crippen LogP contribution in [0.25, 0.3) is 0 Å². The fourth-order valence-corrected chi connectivity index (χ4v) is 3.41. The molecule has 0 bridgehead atoms. The number of halogens is 2. The molecular formula is C12H16ClFN2O2S. The lowest BCUT2D eigenvalue weighted by atomic mass is 10.2. The number of hydrogen-bond acceptors (Lipinski definition) is 3. The van der Waals surface area contributed by atoms with Crippen molar-refractivity contribution in [2.75, 3.05) is 13.1 Å². The molecule has 106 valence electrons. The molecule has 1 saturated heterocycles. The summed E-state index contributed by atoms with van der Waals surface area (Å²) in [6.45, 7) is 1.27. The third-order valence-corrected chi connectivity index (χ3v) is 4.86. The van der Waals surface area contributed by atoms with Crippen molar-refractivity contribution in [2.24, 2.45) is 0 Å². The lowest BCUT2D eigenvalue weighted by molar-refractivity contribution is 0.532. The zero-order valence-electron chi connectivity index (χ0n) is 10.3. The molecule has 1 aliphatic rings. The summed E-state index contributed by atoms with van der Waals surface area (Å²) < 4.78 is 39.8. The van der Waals surface area contributed by atoms with Crippen molar-refractivity contribution in [1.82, 2.24) is 10.0 Å². The average molecular weight is 307 g/mol. The van der Waals surface area contributed by atoms with Gasteiger partial charge < -0.3 is 5.32 Å². The van der Waals surface area contributed by atoms with E-state index in [1.807, 2.05) is 0 Å². The highest BCUT2D eigenvalue weighted by Gasteiger charge is 2.20. The van der Waals surface area contributed by atoms with E-state index in [9.17, 15) is 12.8 Å². The van der Waals surface area contributed by atoms with E-state index < -0.39 is 15.8 Å². The first-order valence-corrected chi connectivity index (χ1v) is 8.03. The van der Waals surface area contributed by atoms with Crippen molar-refractivity contribution in [2.45, 2.75) is 30.2 Å². The summed E-state index contributed by atoms with van der Waals surface area (Å²) in [6.07, 6.45) is 2.87. The van der Waals surface area contributed by atoms with Crippen LogP contribution in [0.2, 0.25) is 5.02 Å². The monoisotopic (exact) mass is 306 g/mol. The van der Waals surface area contributed by atoms with Gasteiger partial charge in [0.25, 0.3) is 0 Å². The Labute approximate surface area is 117 Å². The van der Waals surface area contributed by atoms with Crippen LogP contribution in [-0.2, 0) is 10.0 Å². The van der Waals surface area contributed by atoms with Crippen LogP contribution in [0.3, 0.4) is 0 Å². The van der Waals surface area contributed by atoms with E-state index in [-0.39, 0.29) is 9.92 Å². The Morgan fingerprint density at radius 3 is 2.89 bits per heavy atom. The molecule has 7 heteroatoms. The van der Waals surface area contributed by atoms with Crippen LogP contribution < -0.4 is 10.0 Å². The maximum Gasteiger partial charge on any atom is 0.243 e. The minimum Gasteiger partial charge on any atom is -0.314 e. The molecule has 2 rings (SSSR count). The van der Waals surface area contributed by atoms with Crippen LogP contribution in [0.4, 0.5) is 4.39 Å². The van der Waals surface area contributed by atoms with Crippen LogP contribution in [0.5, 0.6) is 0 Å². The van der Waals surface area contributed by atoms with Crippen molar-refractivity contribution < 1.29 is 12.8 Å². The second kappa shape index (κ2) is 6.17. The van der Waals surface area contributed by atoms with Gasteiger partial charge in [-0.3, -0.25) is 0 Å². The normalized spacial score (nSPS) is 19.8. The number of benzene rings is 1. The van der Waals surface area contributed by atoms with Crippen LogP contribution in [-0.4, -0.2) is 27.5 Å². The summed E-state index contributed by atoms with van der Waals surface area (Å²) >= 11 is 5.59. The third kappa shape index (κ3) is 3.89. The van der Waals surface area contributed by atoms with Gasteiger partial charge in [-0.05, 0) is 44.0 Å². The first-order chi connectivity index (χ1) is 8.99. The Hall–Kier alpha value is -0.690. The first-order valence-electron chi connectivity index (χ1n) is 6.17. The van der Waals surface area contributed by atoms with Crippen molar-refractivity contribution in [3.05, 3.63) is 29.0 Å². The van der Waals surface area contributed by atoms with Gasteiger partial charge in [0.05, 0.1) is 0 Å². The summed E-state index contributed by atoms with van der Waals surface area (Å²) in [5.74, 6) is -0.834. The van der Waals surface area contributed by atoms with E-state index in [1.54, 1.807) is 0 Å². The standard InChI is InChI=1S/C12H16ClFN2O2S/c13-9-3-4-12(11(14)8-9)19(17,18)16-7-5-10-2-1-6-15-10/h3-4,8,10,15-16H,1-2,5-7H2/t10-/m0/s1. The molecule has 0 amide bonds. The van der Waals surface area contributed by atoms with Crippen molar-refractivity contribution >= 4 is 21.6 Å². The topological polar surface area (TPSA) is 58.2 Å². The Balaban J connectivity index is 1.97. The molecule has 1 aromatic rings. The summed E-state index contributed by atoms with van der Waals surface area (Å²) in [7, 11) is -3.81. The summed E-state index contributed by atoms with van der Waals surface area (Å²) in [6, 6.07) is 3.87. The van der Waals surface area contributed by atoms with Gasteiger partial charge in [0.1, 0.15) is 10.7 Å². The van der Waals surface area contributed by atoms with Gasteiger partial charge in [0.2, 0.25) is 10.0 Å². The van der Waals surface area contributed by atoms with Gasteiger partial charge in [0, 0.05) is 17.6 Å². The lowest BCUT2D eigenvalue weighted by Gasteiger charge is -2.11. The number of rotatable bonds is 5. The molecule has 1 fully saturated rings. The van der Waals surface area contributed by atoms with Gasteiger partial charge in [0.15, 0.2) is 0 Å². The Morgan fingerprint density at radius 2 is 2.26 bits per heavy atom. The smallest absolute Gasteiger partial charge is 0.243 e. The summed E-state index contributed by atoms with van der Waals surface area (Å²) in [4.78, 5) is -0.365. The Kier molecular flexibility index (Phi) is 4.78. The van der Waals surface area contributed by atoms with E-state index in [4.69, 9.17) is 11.6 Å². The molecule has 0 unspecified atom stereocenters. The minimum absolute atomic E-state index is 0.173. The number of sulfonamides is 1. The maximum atomic E-state index is 13.6. The highest BCUT2D eigenvalue weighted by Crippen LogP contribution is 2.19. The van der Waals surface area contributed by atoms with Gasteiger partial charge in [-0.25, -0.2) is 17.5 Å². The van der Waals surface area contributed by atoms with E-state index >= 15 is 0 Å². The van der Waals surface area contributed by atoms with E-state index in [0.717, 1.165) is 25.5 Å². The molecule has 1 atom stereocenters. The molecule has 2 N–H and O–H groups in total. The molecular weight excluding hydrogens is 291 g/mol. The second-order valence-electron chi connectivity index (χ2n) is 4.55. The van der Waals surface area contributed by atoms with Crippen molar-refractivity contribution in [3.63, 3.8) is 0 Å². The quantitative estimate of drug-likeness (QED) is 0.873. The molecule has 0 aliphatic carbocycles. The molecule has 0 spiro atoms. The van der Waals surface area contributed by atoms with Gasteiger partial charge in [-0.2, -0.15) is 0 Å².